The lowest BCUT2D eigenvalue weighted by Gasteiger charge is -2.06. The third-order valence-electron chi connectivity index (χ3n) is 2.43. The quantitative estimate of drug-likeness (QED) is 0.692. The molecule has 0 heterocycles. The Kier molecular flexibility index (Phi) is 2.20. The second-order valence-electron chi connectivity index (χ2n) is 3.47. The van der Waals surface area contributed by atoms with Gasteiger partial charge in [-0.15, -0.1) is 11.6 Å². The first kappa shape index (κ1) is 9.22. The minimum absolute atomic E-state index is 0.371. The molecule has 0 spiro atoms. The third-order valence-corrected chi connectivity index (χ3v) is 5.26. The van der Waals surface area contributed by atoms with E-state index in [-0.39, 0.29) is 0 Å². The maximum Gasteiger partial charge on any atom is 0.127 e. The lowest BCUT2D eigenvalue weighted by atomic mass is 10.4. The number of hydrogen-bond acceptors (Lipinski definition) is 1. The van der Waals surface area contributed by atoms with Crippen molar-refractivity contribution in [2.45, 2.75) is 22.4 Å². The summed E-state index contributed by atoms with van der Waals surface area (Å²) in [6.45, 7) is 2.04. The molecule has 0 N–H and O–H groups in total. The molecule has 1 aromatic carbocycles. The summed E-state index contributed by atoms with van der Waals surface area (Å²) >= 11 is 6.18. The summed E-state index contributed by atoms with van der Waals surface area (Å²) in [4.78, 5) is 0.835. The SMILES string of the molecule is C[C@H]1C[C@]1(Cl)[S@@](=O)c1ccccc1. The van der Waals surface area contributed by atoms with Gasteiger partial charge >= 0.3 is 0 Å². The molecule has 70 valence electrons. The van der Waals surface area contributed by atoms with Gasteiger partial charge in [0.2, 0.25) is 0 Å². The number of alkyl halides is 1. The molecular weight excluding hydrogens is 204 g/mol. The average molecular weight is 215 g/mol. The smallest absolute Gasteiger partial charge is 0.127 e. The van der Waals surface area contributed by atoms with Crippen LogP contribution in [0.2, 0.25) is 0 Å². The van der Waals surface area contributed by atoms with Crippen molar-refractivity contribution in [1.82, 2.24) is 0 Å². The highest BCUT2D eigenvalue weighted by Gasteiger charge is 2.55. The van der Waals surface area contributed by atoms with Crippen LogP contribution in [-0.4, -0.2) is 8.42 Å². The summed E-state index contributed by atoms with van der Waals surface area (Å²) < 4.78 is 11.4. The van der Waals surface area contributed by atoms with Crippen molar-refractivity contribution in [3.05, 3.63) is 30.3 Å². The molecule has 1 aromatic rings. The molecule has 2 rings (SSSR count). The predicted octanol–water partition coefficient (Wildman–Crippen LogP) is 2.77. The Morgan fingerprint density at radius 1 is 1.46 bits per heavy atom. The first-order valence-electron chi connectivity index (χ1n) is 4.30. The molecule has 1 aliphatic carbocycles. The van der Waals surface area contributed by atoms with Gasteiger partial charge in [0.05, 0.1) is 10.8 Å². The molecule has 13 heavy (non-hydrogen) atoms. The molecule has 1 aliphatic rings. The fourth-order valence-corrected chi connectivity index (χ4v) is 3.42. The van der Waals surface area contributed by atoms with E-state index in [4.69, 9.17) is 11.6 Å². The van der Waals surface area contributed by atoms with Gasteiger partial charge in [-0.3, -0.25) is 4.21 Å². The summed E-state index contributed by atoms with van der Waals surface area (Å²) in [7, 11) is -1.05. The molecule has 3 heteroatoms. The molecular formula is C10H11ClOS. The minimum atomic E-state index is -1.05. The van der Waals surface area contributed by atoms with E-state index >= 15 is 0 Å². The lowest BCUT2D eigenvalue weighted by molar-refractivity contribution is 0.677. The molecule has 1 saturated carbocycles. The van der Waals surface area contributed by atoms with Gasteiger partial charge < -0.3 is 0 Å². The molecule has 1 fully saturated rings. The van der Waals surface area contributed by atoms with Gasteiger partial charge in [0.25, 0.3) is 0 Å². The van der Waals surface area contributed by atoms with Crippen molar-refractivity contribution < 1.29 is 4.21 Å². The van der Waals surface area contributed by atoms with Crippen LogP contribution < -0.4 is 0 Å². The molecule has 3 atom stereocenters. The van der Waals surface area contributed by atoms with Crippen LogP contribution in [0.3, 0.4) is 0 Å². The maximum atomic E-state index is 11.9. The van der Waals surface area contributed by atoms with Crippen LogP contribution >= 0.6 is 11.6 Å². The van der Waals surface area contributed by atoms with Gasteiger partial charge in [-0.05, 0) is 24.5 Å². The molecule has 0 aromatic heterocycles. The van der Waals surface area contributed by atoms with E-state index in [1.165, 1.54) is 0 Å². The van der Waals surface area contributed by atoms with Crippen LogP contribution in [0, 0.1) is 5.92 Å². The van der Waals surface area contributed by atoms with Gasteiger partial charge in [-0.2, -0.15) is 0 Å². The maximum absolute atomic E-state index is 11.9. The van der Waals surface area contributed by atoms with E-state index in [0.717, 1.165) is 11.3 Å². The Morgan fingerprint density at radius 3 is 2.46 bits per heavy atom. The fourth-order valence-electron chi connectivity index (χ4n) is 1.36. The monoisotopic (exact) mass is 214 g/mol. The lowest BCUT2D eigenvalue weighted by Crippen LogP contribution is -2.10. The summed E-state index contributed by atoms with van der Waals surface area (Å²) in [5.74, 6) is 0.371. The highest BCUT2D eigenvalue weighted by Crippen LogP contribution is 2.53. The van der Waals surface area contributed by atoms with E-state index in [1.54, 1.807) is 0 Å². The second-order valence-corrected chi connectivity index (χ2v) is 6.11. The molecule has 1 nitrogen and oxygen atoms in total. The molecule has 0 bridgehead atoms. The van der Waals surface area contributed by atoms with Crippen molar-refractivity contribution in [2.24, 2.45) is 5.92 Å². The zero-order valence-electron chi connectivity index (χ0n) is 7.37. The van der Waals surface area contributed by atoms with E-state index in [2.05, 4.69) is 0 Å². The summed E-state index contributed by atoms with van der Waals surface area (Å²) in [6, 6.07) is 9.43. The first-order chi connectivity index (χ1) is 6.14. The molecule has 0 saturated heterocycles. The zero-order chi connectivity index (χ0) is 9.47. The molecule has 0 aliphatic heterocycles. The van der Waals surface area contributed by atoms with Crippen molar-refractivity contribution in [1.29, 1.82) is 0 Å². The van der Waals surface area contributed by atoms with Crippen molar-refractivity contribution in [2.75, 3.05) is 0 Å². The Hall–Kier alpha value is -0.340. The van der Waals surface area contributed by atoms with Gasteiger partial charge in [-0.25, -0.2) is 0 Å². The van der Waals surface area contributed by atoms with Crippen LogP contribution in [0.15, 0.2) is 35.2 Å². The van der Waals surface area contributed by atoms with E-state index in [0.29, 0.717) is 5.92 Å². The topological polar surface area (TPSA) is 17.1 Å². The third kappa shape index (κ3) is 1.53. The first-order valence-corrected chi connectivity index (χ1v) is 5.83. The van der Waals surface area contributed by atoms with Crippen LogP contribution in [-0.2, 0) is 10.8 Å². The van der Waals surface area contributed by atoms with Crippen molar-refractivity contribution >= 4 is 22.4 Å². The van der Waals surface area contributed by atoms with Crippen LogP contribution in [0.5, 0.6) is 0 Å². The summed E-state index contributed by atoms with van der Waals surface area (Å²) in [6.07, 6.45) is 0.857. The Morgan fingerprint density at radius 2 is 2.00 bits per heavy atom. The van der Waals surface area contributed by atoms with Crippen LogP contribution in [0.25, 0.3) is 0 Å². The fraction of sp³-hybridized carbons (Fsp3) is 0.400. The van der Waals surface area contributed by atoms with Crippen LogP contribution in [0.4, 0.5) is 0 Å². The molecule has 0 unspecified atom stereocenters. The highest BCUT2D eigenvalue weighted by atomic mass is 35.5. The van der Waals surface area contributed by atoms with Crippen molar-refractivity contribution in [3.8, 4) is 0 Å². The number of benzene rings is 1. The van der Waals surface area contributed by atoms with Gasteiger partial charge in [0, 0.05) is 4.90 Å². The molecule has 0 radical (unpaired) electrons. The van der Waals surface area contributed by atoms with Gasteiger partial charge in [0.1, 0.15) is 4.21 Å². The largest absolute Gasteiger partial charge is 0.252 e. The van der Waals surface area contributed by atoms with E-state index in [1.807, 2.05) is 37.3 Å². The zero-order valence-corrected chi connectivity index (χ0v) is 8.94. The van der Waals surface area contributed by atoms with E-state index in [9.17, 15) is 4.21 Å². The minimum Gasteiger partial charge on any atom is -0.252 e. The Balaban J connectivity index is 2.25. The molecule has 0 amide bonds. The number of hydrogen-bond donors (Lipinski definition) is 0. The van der Waals surface area contributed by atoms with Crippen LogP contribution in [0.1, 0.15) is 13.3 Å². The second kappa shape index (κ2) is 3.10. The van der Waals surface area contributed by atoms with Crippen molar-refractivity contribution in [3.63, 3.8) is 0 Å². The summed E-state index contributed by atoms with van der Waals surface area (Å²) in [5.41, 5.74) is 0. The normalized spacial score (nSPS) is 34.2. The summed E-state index contributed by atoms with van der Waals surface area (Å²) in [5, 5.41) is 0. The predicted molar refractivity (Wildman–Crippen MR) is 55.2 cm³/mol. The number of halogens is 1. The average Bonchev–Trinajstić information content (AvgIpc) is 2.76. The van der Waals surface area contributed by atoms with E-state index < -0.39 is 15.0 Å². The van der Waals surface area contributed by atoms with Gasteiger partial charge in [-0.1, -0.05) is 25.1 Å². The van der Waals surface area contributed by atoms with Gasteiger partial charge in [0.15, 0.2) is 0 Å². The Labute approximate surface area is 85.6 Å². The standard InChI is InChI=1S/C10H11ClOS/c1-8-7-10(8,11)13(12)9-5-3-2-4-6-9/h2-6,8H,7H2,1H3/t8-,10-,13-/m0/s1. The highest BCUT2D eigenvalue weighted by molar-refractivity contribution is 7.88. The Bertz CT molecular complexity index is 338. The number of rotatable bonds is 2.